The van der Waals surface area contributed by atoms with E-state index < -0.39 is 0 Å². The quantitative estimate of drug-likeness (QED) is 0.492. The smallest absolute Gasteiger partial charge is 0.00151 e. The maximum absolute atomic E-state index is 3.40. The average molecular weight is 111 g/mol. The van der Waals surface area contributed by atoms with Crippen LogP contribution in [0.1, 0.15) is 19.8 Å². The number of hydrogen-bond donors (Lipinski definition) is 1. The molecule has 1 heteroatoms. The summed E-state index contributed by atoms with van der Waals surface area (Å²) < 4.78 is 0. The predicted molar refractivity (Wildman–Crippen MR) is 33.7 cm³/mol. The van der Waals surface area contributed by atoms with Crippen molar-refractivity contribution in [3.05, 3.63) is 0 Å². The van der Waals surface area contributed by atoms with Crippen molar-refractivity contribution < 1.29 is 0 Å². The third kappa shape index (κ3) is 0.510. The Labute approximate surface area is 50.5 Å². The van der Waals surface area contributed by atoms with Gasteiger partial charge in [0.05, 0.1) is 0 Å². The normalized spacial score (nSPS) is 52.9. The first-order chi connectivity index (χ1) is 3.81. The van der Waals surface area contributed by atoms with Gasteiger partial charge in [0.15, 0.2) is 0 Å². The molecule has 2 atom stereocenters. The molecular weight excluding hydrogens is 98.1 g/mol. The zero-order valence-corrected chi connectivity index (χ0v) is 5.41. The summed E-state index contributed by atoms with van der Waals surface area (Å²) >= 11 is 0. The highest BCUT2D eigenvalue weighted by Crippen LogP contribution is 2.55. The third-order valence-corrected chi connectivity index (χ3v) is 2.80. The van der Waals surface area contributed by atoms with Crippen molar-refractivity contribution in [3.63, 3.8) is 0 Å². The van der Waals surface area contributed by atoms with E-state index >= 15 is 0 Å². The van der Waals surface area contributed by atoms with Crippen molar-refractivity contribution in [2.75, 3.05) is 13.1 Å². The fourth-order valence-corrected chi connectivity index (χ4v) is 1.78. The molecule has 1 aliphatic carbocycles. The first kappa shape index (κ1) is 4.80. The van der Waals surface area contributed by atoms with Crippen LogP contribution in [0.4, 0.5) is 0 Å². The summed E-state index contributed by atoms with van der Waals surface area (Å²) in [5.74, 6) is 1.04. The predicted octanol–water partition coefficient (Wildman–Crippen LogP) is 1.01. The van der Waals surface area contributed by atoms with E-state index in [0.717, 1.165) is 11.3 Å². The molecule has 0 spiro atoms. The molecule has 1 heterocycles. The summed E-state index contributed by atoms with van der Waals surface area (Å²) in [6, 6.07) is 0. The summed E-state index contributed by atoms with van der Waals surface area (Å²) in [6.45, 7) is 4.96. The van der Waals surface area contributed by atoms with E-state index in [-0.39, 0.29) is 0 Å². The van der Waals surface area contributed by atoms with Gasteiger partial charge >= 0.3 is 0 Å². The Kier molecular flexibility index (Phi) is 0.762. The zero-order chi connectivity index (χ0) is 5.61. The molecule has 0 aromatic carbocycles. The summed E-state index contributed by atoms with van der Waals surface area (Å²) in [6.07, 6.45) is 2.90. The van der Waals surface area contributed by atoms with Crippen LogP contribution in [0.25, 0.3) is 0 Å². The SMILES string of the molecule is C[C@]12CCNC[C@@H]1C2. The number of hydrogen-bond acceptors (Lipinski definition) is 1. The molecule has 1 N–H and O–H groups in total. The highest BCUT2D eigenvalue weighted by atomic mass is 14.9. The average Bonchev–Trinajstić information content (AvgIpc) is 2.39. The number of nitrogens with one attached hydrogen (secondary N) is 1. The van der Waals surface area contributed by atoms with Crippen molar-refractivity contribution >= 4 is 0 Å². The maximum Gasteiger partial charge on any atom is -0.00151 e. The number of fused-ring (bicyclic) bond motifs is 1. The van der Waals surface area contributed by atoms with Gasteiger partial charge in [0.25, 0.3) is 0 Å². The van der Waals surface area contributed by atoms with E-state index in [4.69, 9.17) is 0 Å². The lowest BCUT2D eigenvalue weighted by atomic mass is 9.99. The molecule has 0 aromatic heterocycles. The zero-order valence-electron chi connectivity index (χ0n) is 5.41. The van der Waals surface area contributed by atoms with Crippen LogP contribution in [0.5, 0.6) is 0 Å². The van der Waals surface area contributed by atoms with E-state index in [9.17, 15) is 0 Å². The summed E-state index contributed by atoms with van der Waals surface area (Å²) in [4.78, 5) is 0. The lowest BCUT2D eigenvalue weighted by Gasteiger charge is -2.17. The van der Waals surface area contributed by atoms with Gasteiger partial charge in [-0.25, -0.2) is 0 Å². The second-order valence-electron chi connectivity index (χ2n) is 3.51. The molecule has 0 radical (unpaired) electrons. The molecular formula is C7H13N. The third-order valence-electron chi connectivity index (χ3n) is 2.80. The van der Waals surface area contributed by atoms with E-state index in [1.165, 1.54) is 25.9 Å². The van der Waals surface area contributed by atoms with Crippen LogP contribution >= 0.6 is 0 Å². The summed E-state index contributed by atoms with van der Waals surface area (Å²) in [5, 5.41) is 3.40. The van der Waals surface area contributed by atoms with Crippen molar-refractivity contribution in [2.45, 2.75) is 19.8 Å². The van der Waals surface area contributed by atoms with Crippen LogP contribution in [0.15, 0.2) is 0 Å². The molecule has 2 fully saturated rings. The highest BCUT2D eigenvalue weighted by Gasteiger charge is 2.50. The Balaban J connectivity index is 2.04. The van der Waals surface area contributed by atoms with Gasteiger partial charge in [-0.3, -0.25) is 0 Å². The van der Waals surface area contributed by atoms with Crippen molar-refractivity contribution in [1.82, 2.24) is 5.32 Å². The topological polar surface area (TPSA) is 12.0 Å². The molecule has 1 saturated heterocycles. The van der Waals surface area contributed by atoms with Gasteiger partial charge in [-0.05, 0) is 37.3 Å². The summed E-state index contributed by atoms with van der Waals surface area (Å²) in [7, 11) is 0. The Morgan fingerprint density at radius 2 is 2.50 bits per heavy atom. The van der Waals surface area contributed by atoms with Gasteiger partial charge in [-0.2, -0.15) is 0 Å². The van der Waals surface area contributed by atoms with E-state index in [0.29, 0.717) is 0 Å². The number of piperidine rings is 1. The van der Waals surface area contributed by atoms with Crippen molar-refractivity contribution in [3.8, 4) is 0 Å². The van der Waals surface area contributed by atoms with E-state index in [1.807, 2.05) is 0 Å². The van der Waals surface area contributed by atoms with Crippen molar-refractivity contribution in [1.29, 1.82) is 0 Å². The van der Waals surface area contributed by atoms with Gasteiger partial charge < -0.3 is 5.32 Å². The van der Waals surface area contributed by atoms with Gasteiger partial charge in [0.1, 0.15) is 0 Å². The Bertz CT molecular complexity index is 109. The van der Waals surface area contributed by atoms with Gasteiger partial charge in [-0.15, -0.1) is 0 Å². The number of rotatable bonds is 0. The second kappa shape index (κ2) is 1.27. The Hall–Kier alpha value is -0.0400. The molecule has 0 aromatic rings. The molecule has 0 bridgehead atoms. The monoisotopic (exact) mass is 111 g/mol. The Morgan fingerprint density at radius 3 is 3.00 bits per heavy atom. The maximum atomic E-state index is 3.40. The van der Waals surface area contributed by atoms with Gasteiger partial charge in [0, 0.05) is 0 Å². The molecule has 0 unspecified atom stereocenters. The first-order valence-corrected chi connectivity index (χ1v) is 3.52. The van der Waals surface area contributed by atoms with Crippen molar-refractivity contribution in [2.24, 2.45) is 11.3 Å². The Morgan fingerprint density at radius 1 is 1.62 bits per heavy atom. The molecule has 0 amide bonds. The van der Waals surface area contributed by atoms with Gasteiger partial charge in [-0.1, -0.05) is 6.92 Å². The minimum Gasteiger partial charge on any atom is -0.316 e. The lowest BCUT2D eigenvalue weighted by Crippen LogP contribution is -2.27. The molecule has 2 rings (SSSR count). The highest BCUT2D eigenvalue weighted by molar-refractivity contribution is 5.02. The molecule has 1 nitrogen and oxygen atoms in total. The second-order valence-corrected chi connectivity index (χ2v) is 3.51. The van der Waals surface area contributed by atoms with Crippen LogP contribution in [0.2, 0.25) is 0 Å². The van der Waals surface area contributed by atoms with Crippen LogP contribution < -0.4 is 5.32 Å². The minimum atomic E-state index is 0.783. The van der Waals surface area contributed by atoms with Crippen LogP contribution in [0, 0.1) is 11.3 Å². The van der Waals surface area contributed by atoms with E-state index in [2.05, 4.69) is 12.2 Å². The molecule has 1 aliphatic heterocycles. The van der Waals surface area contributed by atoms with Crippen LogP contribution in [0.3, 0.4) is 0 Å². The molecule has 8 heavy (non-hydrogen) atoms. The molecule has 1 saturated carbocycles. The lowest BCUT2D eigenvalue weighted by molar-refractivity contribution is 0.382. The fourth-order valence-electron chi connectivity index (χ4n) is 1.78. The first-order valence-electron chi connectivity index (χ1n) is 3.52. The van der Waals surface area contributed by atoms with E-state index in [1.54, 1.807) is 0 Å². The minimum absolute atomic E-state index is 0.783. The van der Waals surface area contributed by atoms with Crippen LogP contribution in [-0.4, -0.2) is 13.1 Å². The standard InChI is InChI=1S/C7H13N/c1-7-2-3-8-5-6(7)4-7/h6,8H,2-5H2,1H3/t6-,7+/m0/s1. The molecule has 2 aliphatic rings. The van der Waals surface area contributed by atoms with Crippen LogP contribution in [-0.2, 0) is 0 Å². The summed E-state index contributed by atoms with van der Waals surface area (Å²) in [5.41, 5.74) is 0.783. The fraction of sp³-hybridized carbons (Fsp3) is 1.00. The largest absolute Gasteiger partial charge is 0.316 e. The van der Waals surface area contributed by atoms with Gasteiger partial charge in [0.2, 0.25) is 0 Å². The molecule has 46 valence electrons.